The van der Waals surface area contributed by atoms with Crippen molar-refractivity contribution < 1.29 is 9.90 Å². The van der Waals surface area contributed by atoms with Crippen molar-refractivity contribution in [3.8, 4) is 6.07 Å². The zero-order valence-corrected chi connectivity index (χ0v) is 11.6. The fourth-order valence-corrected chi connectivity index (χ4v) is 2.65. The number of pyridine rings is 1. The van der Waals surface area contributed by atoms with Gasteiger partial charge in [0, 0.05) is 18.4 Å². The average molecular weight is 273 g/mol. The van der Waals surface area contributed by atoms with Gasteiger partial charge in [-0.15, -0.1) is 0 Å². The predicted octanol–water partition coefficient (Wildman–Crippen LogP) is 2.65. The van der Waals surface area contributed by atoms with Crippen LogP contribution in [0.15, 0.2) is 18.3 Å². The maximum absolute atomic E-state index is 11.6. The number of aliphatic carboxylic acids is 1. The topological polar surface area (TPSA) is 86.0 Å². The zero-order valence-electron chi connectivity index (χ0n) is 11.6. The third-order valence-electron chi connectivity index (χ3n) is 4.19. The highest BCUT2D eigenvalue weighted by atomic mass is 16.4. The molecule has 2 N–H and O–H groups in total. The molecule has 0 unspecified atom stereocenters. The van der Waals surface area contributed by atoms with Gasteiger partial charge in [-0.2, -0.15) is 5.26 Å². The largest absolute Gasteiger partial charge is 0.481 e. The van der Waals surface area contributed by atoms with Gasteiger partial charge in [0.1, 0.15) is 11.8 Å². The molecule has 0 amide bonds. The van der Waals surface area contributed by atoms with E-state index < -0.39 is 11.4 Å². The van der Waals surface area contributed by atoms with Crippen LogP contribution in [-0.4, -0.2) is 22.6 Å². The maximum atomic E-state index is 11.6. The molecular formula is C15H19N3O2. The molecule has 1 aromatic rings. The molecule has 1 fully saturated rings. The molecule has 0 radical (unpaired) electrons. The number of aromatic nitrogens is 1. The van der Waals surface area contributed by atoms with Crippen LogP contribution in [-0.2, 0) is 4.79 Å². The minimum absolute atomic E-state index is 0.330. The Kier molecular flexibility index (Phi) is 4.23. The minimum Gasteiger partial charge on any atom is -0.481 e. The minimum atomic E-state index is -0.730. The van der Waals surface area contributed by atoms with E-state index in [-0.39, 0.29) is 0 Å². The summed E-state index contributed by atoms with van der Waals surface area (Å²) in [4.78, 5) is 15.5. The lowest BCUT2D eigenvalue weighted by Gasteiger charge is -2.36. The van der Waals surface area contributed by atoms with Crippen LogP contribution in [0.25, 0.3) is 0 Å². The van der Waals surface area contributed by atoms with Crippen molar-refractivity contribution in [1.82, 2.24) is 4.98 Å². The van der Waals surface area contributed by atoms with Crippen LogP contribution in [0.4, 0.5) is 5.69 Å². The molecule has 0 bridgehead atoms. The van der Waals surface area contributed by atoms with Gasteiger partial charge < -0.3 is 10.4 Å². The SMILES string of the molecule is CC1CCC(CNc2ccnc(C#N)c2)(C(=O)O)CC1. The van der Waals surface area contributed by atoms with Crippen LogP contribution in [0.1, 0.15) is 38.3 Å². The first-order valence-corrected chi connectivity index (χ1v) is 6.89. The molecule has 1 saturated carbocycles. The van der Waals surface area contributed by atoms with E-state index in [1.807, 2.05) is 6.07 Å². The normalized spacial score (nSPS) is 25.7. The number of carboxylic acid groups (broad SMARTS) is 1. The fourth-order valence-electron chi connectivity index (χ4n) is 2.65. The van der Waals surface area contributed by atoms with Gasteiger partial charge in [-0.1, -0.05) is 6.92 Å². The van der Waals surface area contributed by atoms with Crippen LogP contribution in [0.5, 0.6) is 0 Å². The summed E-state index contributed by atoms with van der Waals surface area (Å²) in [5.41, 5.74) is 0.384. The van der Waals surface area contributed by atoms with Gasteiger partial charge in [0.2, 0.25) is 0 Å². The molecule has 1 aliphatic rings. The second kappa shape index (κ2) is 5.91. The molecule has 0 saturated heterocycles. The van der Waals surface area contributed by atoms with Gasteiger partial charge in [0.05, 0.1) is 5.41 Å². The third kappa shape index (κ3) is 3.08. The van der Waals surface area contributed by atoms with E-state index in [0.717, 1.165) is 18.5 Å². The van der Waals surface area contributed by atoms with Crippen molar-refractivity contribution in [1.29, 1.82) is 5.26 Å². The maximum Gasteiger partial charge on any atom is 0.311 e. The number of carbonyl (C=O) groups is 1. The van der Waals surface area contributed by atoms with Crippen LogP contribution in [0.2, 0.25) is 0 Å². The lowest BCUT2D eigenvalue weighted by Crippen LogP contribution is -2.41. The summed E-state index contributed by atoms with van der Waals surface area (Å²) in [6, 6.07) is 5.37. The van der Waals surface area contributed by atoms with Crippen LogP contribution in [0, 0.1) is 22.7 Å². The molecule has 1 aliphatic carbocycles. The van der Waals surface area contributed by atoms with Gasteiger partial charge in [0.25, 0.3) is 0 Å². The fraction of sp³-hybridized carbons (Fsp3) is 0.533. The standard InChI is InChI=1S/C15H19N3O2/c1-11-2-5-15(6-3-11,14(19)20)10-18-12-4-7-17-13(8-12)9-16/h4,7-8,11H,2-3,5-6,10H2,1H3,(H,17,18)(H,19,20). The smallest absolute Gasteiger partial charge is 0.311 e. The lowest BCUT2D eigenvalue weighted by molar-refractivity contribution is -0.150. The van der Waals surface area contributed by atoms with Gasteiger partial charge in [-0.05, 0) is 43.7 Å². The molecule has 5 nitrogen and oxygen atoms in total. The van der Waals surface area contributed by atoms with E-state index in [4.69, 9.17) is 5.26 Å². The Hall–Kier alpha value is -2.09. The Morgan fingerprint density at radius 1 is 1.60 bits per heavy atom. The predicted molar refractivity (Wildman–Crippen MR) is 75.1 cm³/mol. The molecule has 2 rings (SSSR count). The molecule has 1 aromatic heterocycles. The van der Waals surface area contributed by atoms with Gasteiger partial charge >= 0.3 is 5.97 Å². The number of hydrogen-bond acceptors (Lipinski definition) is 4. The van der Waals surface area contributed by atoms with Crippen molar-refractivity contribution in [2.45, 2.75) is 32.6 Å². The van der Waals surface area contributed by atoms with Crippen LogP contribution < -0.4 is 5.32 Å². The quantitative estimate of drug-likeness (QED) is 0.880. The number of nitrogens with zero attached hydrogens (tertiary/aromatic N) is 2. The number of hydrogen-bond donors (Lipinski definition) is 2. The molecule has 0 spiro atoms. The number of anilines is 1. The second-order valence-corrected chi connectivity index (χ2v) is 5.66. The highest BCUT2D eigenvalue weighted by molar-refractivity contribution is 5.75. The summed E-state index contributed by atoms with van der Waals surface area (Å²) >= 11 is 0. The van der Waals surface area contributed by atoms with E-state index in [1.165, 1.54) is 0 Å². The molecule has 5 heteroatoms. The van der Waals surface area contributed by atoms with E-state index in [9.17, 15) is 9.90 Å². The number of rotatable bonds is 4. The van der Waals surface area contributed by atoms with Crippen molar-refractivity contribution in [3.63, 3.8) is 0 Å². The van der Waals surface area contributed by atoms with E-state index in [2.05, 4.69) is 17.2 Å². The Balaban J connectivity index is 2.06. The van der Waals surface area contributed by atoms with E-state index in [1.54, 1.807) is 18.3 Å². The summed E-state index contributed by atoms with van der Waals surface area (Å²) < 4.78 is 0. The summed E-state index contributed by atoms with van der Waals surface area (Å²) in [7, 11) is 0. The molecule has 0 aromatic carbocycles. The summed E-state index contributed by atoms with van der Waals surface area (Å²) in [5, 5.41) is 21.5. The highest BCUT2D eigenvalue weighted by Crippen LogP contribution is 2.39. The van der Waals surface area contributed by atoms with Crippen molar-refractivity contribution in [3.05, 3.63) is 24.0 Å². The monoisotopic (exact) mass is 273 g/mol. The van der Waals surface area contributed by atoms with Gasteiger partial charge in [-0.25, -0.2) is 4.98 Å². The molecular weight excluding hydrogens is 254 g/mol. The van der Waals surface area contributed by atoms with Crippen LogP contribution >= 0.6 is 0 Å². The number of nitriles is 1. The molecule has 1 heterocycles. The third-order valence-corrected chi connectivity index (χ3v) is 4.19. The summed E-state index contributed by atoms with van der Waals surface area (Å²) in [5.74, 6) is -0.125. The Morgan fingerprint density at radius 2 is 2.30 bits per heavy atom. The van der Waals surface area contributed by atoms with Gasteiger partial charge in [0.15, 0.2) is 0 Å². The second-order valence-electron chi connectivity index (χ2n) is 5.66. The molecule has 20 heavy (non-hydrogen) atoms. The summed E-state index contributed by atoms with van der Waals surface area (Å²) in [6.45, 7) is 2.56. The zero-order chi connectivity index (χ0) is 14.6. The van der Waals surface area contributed by atoms with Gasteiger partial charge in [-0.3, -0.25) is 4.79 Å². The Labute approximate surface area is 118 Å². The first-order valence-electron chi connectivity index (χ1n) is 6.89. The van der Waals surface area contributed by atoms with E-state index in [0.29, 0.717) is 31.0 Å². The molecule has 0 atom stereocenters. The van der Waals surface area contributed by atoms with Crippen molar-refractivity contribution in [2.75, 3.05) is 11.9 Å². The number of nitrogens with one attached hydrogen (secondary N) is 1. The van der Waals surface area contributed by atoms with Crippen molar-refractivity contribution >= 4 is 11.7 Å². The van der Waals surface area contributed by atoms with Crippen LogP contribution in [0.3, 0.4) is 0 Å². The highest BCUT2D eigenvalue weighted by Gasteiger charge is 2.40. The number of carboxylic acids is 1. The summed E-state index contributed by atoms with van der Waals surface area (Å²) in [6.07, 6.45) is 4.86. The molecule has 106 valence electrons. The molecule has 0 aliphatic heterocycles. The van der Waals surface area contributed by atoms with Crippen molar-refractivity contribution in [2.24, 2.45) is 11.3 Å². The Bertz CT molecular complexity index is 528. The average Bonchev–Trinajstić information content (AvgIpc) is 2.47. The first-order chi connectivity index (χ1) is 9.55. The van der Waals surface area contributed by atoms with E-state index >= 15 is 0 Å². The first kappa shape index (κ1) is 14.3. The Morgan fingerprint density at radius 3 is 2.90 bits per heavy atom. The lowest BCUT2D eigenvalue weighted by atomic mass is 9.71.